The zero-order valence-electron chi connectivity index (χ0n) is 11.7. The first kappa shape index (κ1) is 14.8. The Kier molecular flexibility index (Phi) is 3.97. The maximum atomic E-state index is 12.2. The summed E-state index contributed by atoms with van der Waals surface area (Å²) < 4.78 is 0.962. The summed E-state index contributed by atoms with van der Waals surface area (Å²) in [6, 6.07) is 15.6. The zero-order chi connectivity index (χ0) is 15.7. The van der Waals surface area contributed by atoms with Gasteiger partial charge < -0.3 is 4.98 Å². The van der Waals surface area contributed by atoms with Crippen molar-refractivity contribution in [3.63, 3.8) is 0 Å². The molecule has 2 heterocycles. The van der Waals surface area contributed by atoms with E-state index in [9.17, 15) is 10.1 Å². The van der Waals surface area contributed by atoms with Crippen molar-refractivity contribution < 1.29 is 0 Å². The van der Waals surface area contributed by atoms with Gasteiger partial charge in [-0.3, -0.25) is 4.79 Å². The first-order valence-corrected chi connectivity index (χ1v) is 8.19. The number of halogens is 1. The molecule has 0 aliphatic heterocycles. The minimum Gasteiger partial charge on any atom is -0.321 e. The first-order valence-electron chi connectivity index (χ1n) is 6.58. The topological polar surface area (TPSA) is 56.6 Å². The Morgan fingerprint density at radius 3 is 2.50 bits per heavy atom. The lowest BCUT2D eigenvalue weighted by Crippen LogP contribution is -2.12. The molecule has 1 aromatic carbocycles. The number of H-pyrrole nitrogens is 1. The largest absolute Gasteiger partial charge is 0.321 e. The van der Waals surface area contributed by atoms with Gasteiger partial charge in [0, 0.05) is 16.1 Å². The second-order valence-corrected chi connectivity index (χ2v) is 7.35. The molecule has 0 atom stereocenters. The summed E-state index contributed by atoms with van der Waals surface area (Å²) in [7, 11) is 0. The third kappa shape index (κ3) is 2.76. The second kappa shape index (κ2) is 5.91. The van der Waals surface area contributed by atoms with Crippen LogP contribution in [0, 0.1) is 18.3 Å². The number of aromatic amines is 1. The van der Waals surface area contributed by atoms with Gasteiger partial charge in [-0.15, -0.1) is 11.3 Å². The maximum absolute atomic E-state index is 12.2. The van der Waals surface area contributed by atoms with Gasteiger partial charge in [-0.05, 0) is 46.6 Å². The van der Waals surface area contributed by atoms with Crippen molar-refractivity contribution >= 4 is 27.3 Å². The molecule has 0 bridgehead atoms. The molecule has 0 saturated heterocycles. The van der Waals surface area contributed by atoms with Crippen molar-refractivity contribution in [3.05, 3.63) is 67.7 Å². The van der Waals surface area contributed by atoms with E-state index in [4.69, 9.17) is 0 Å². The van der Waals surface area contributed by atoms with E-state index in [1.54, 1.807) is 0 Å². The molecule has 0 aliphatic carbocycles. The molecule has 3 rings (SSSR count). The van der Waals surface area contributed by atoms with Gasteiger partial charge >= 0.3 is 0 Å². The van der Waals surface area contributed by atoms with E-state index in [-0.39, 0.29) is 11.1 Å². The minimum atomic E-state index is -0.361. The Labute approximate surface area is 140 Å². The van der Waals surface area contributed by atoms with Crippen LogP contribution in [0.1, 0.15) is 11.1 Å². The Balaban J connectivity index is 2.23. The van der Waals surface area contributed by atoms with E-state index >= 15 is 0 Å². The number of aromatic nitrogens is 1. The predicted molar refractivity (Wildman–Crippen MR) is 93.0 cm³/mol. The molecule has 2 aromatic heterocycles. The van der Waals surface area contributed by atoms with E-state index < -0.39 is 0 Å². The van der Waals surface area contributed by atoms with Gasteiger partial charge in [-0.1, -0.05) is 29.8 Å². The fraction of sp³-hybridized carbons (Fsp3) is 0.0588. The van der Waals surface area contributed by atoms with Gasteiger partial charge in [0.1, 0.15) is 11.6 Å². The van der Waals surface area contributed by atoms with Crippen molar-refractivity contribution in [2.24, 2.45) is 0 Å². The molecule has 0 aliphatic rings. The summed E-state index contributed by atoms with van der Waals surface area (Å²) >= 11 is 4.91. The molecular formula is C17H11BrN2OS. The van der Waals surface area contributed by atoms with Crippen LogP contribution in [0.5, 0.6) is 0 Å². The third-order valence-electron chi connectivity index (χ3n) is 3.35. The van der Waals surface area contributed by atoms with Crippen LogP contribution in [0.2, 0.25) is 0 Å². The predicted octanol–water partition coefficient (Wildman–Crippen LogP) is 4.71. The van der Waals surface area contributed by atoms with Crippen molar-refractivity contribution in [2.45, 2.75) is 6.92 Å². The Morgan fingerprint density at radius 2 is 1.91 bits per heavy atom. The average Bonchev–Trinajstić information content (AvgIpc) is 2.93. The minimum absolute atomic E-state index is 0.144. The average molecular weight is 371 g/mol. The Bertz CT molecular complexity index is 933. The fourth-order valence-corrected chi connectivity index (χ4v) is 3.62. The molecular weight excluding hydrogens is 360 g/mol. The summed E-state index contributed by atoms with van der Waals surface area (Å²) in [6.45, 7) is 2.01. The van der Waals surface area contributed by atoms with Gasteiger partial charge in [0.15, 0.2) is 0 Å². The quantitative estimate of drug-likeness (QED) is 0.709. The van der Waals surface area contributed by atoms with Crippen LogP contribution in [0.4, 0.5) is 0 Å². The van der Waals surface area contributed by atoms with E-state index in [0.29, 0.717) is 11.3 Å². The van der Waals surface area contributed by atoms with Crippen molar-refractivity contribution in [1.29, 1.82) is 5.26 Å². The molecule has 0 fully saturated rings. The smallest absolute Gasteiger partial charge is 0.267 e. The molecule has 3 aromatic rings. The molecule has 0 unspecified atom stereocenters. The highest BCUT2D eigenvalue weighted by Gasteiger charge is 2.13. The van der Waals surface area contributed by atoms with Crippen LogP contribution in [0.3, 0.4) is 0 Å². The lowest BCUT2D eigenvalue weighted by molar-refractivity contribution is 1.22. The third-order valence-corrected chi connectivity index (χ3v) is 5.00. The van der Waals surface area contributed by atoms with Crippen LogP contribution in [0.25, 0.3) is 21.7 Å². The van der Waals surface area contributed by atoms with Crippen molar-refractivity contribution in [2.75, 3.05) is 0 Å². The number of nitrogens with one attached hydrogen (secondary N) is 1. The fourth-order valence-electron chi connectivity index (χ4n) is 2.21. The highest BCUT2D eigenvalue weighted by atomic mass is 79.9. The highest BCUT2D eigenvalue weighted by molar-refractivity contribution is 9.11. The summed E-state index contributed by atoms with van der Waals surface area (Å²) in [5.41, 5.74) is 3.23. The van der Waals surface area contributed by atoms with E-state index in [2.05, 4.69) is 20.9 Å². The number of hydrogen-bond donors (Lipinski definition) is 1. The molecule has 0 radical (unpaired) electrons. The van der Waals surface area contributed by atoms with Gasteiger partial charge in [0.2, 0.25) is 0 Å². The molecule has 22 heavy (non-hydrogen) atoms. The van der Waals surface area contributed by atoms with Crippen LogP contribution in [0.15, 0.2) is 51.0 Å². The number of benzene rings is 1. The molecule has 108 valence electrons. The van der Waals surface area contributed by atoms with Crippen molar-refractivity contribution in [1.82, 2.24) is 4.98 Å². The number of hydrogen-bond acceptors (Lipinski definition) is 3. The SMILES string of the molecule is Cc1ccc(-c2cc(-c3ccc(Br)s3)c(C#N)c(=O)[nH]2)cc1. The van der Waals surface area contributed by atoms with Crippen molar-refractivity contribution in [3.8, 4) is 27.8 Å². The lowest BCUT2D eigenvalue weighted by Gasteiger charge is -2.06. The first-order chi connectivity index (χ1) is 10.6. The number of thiophene rings is 1. The number of aryl methyl sites for hydroxylation is 1. The van der Waals surface area contributed by atoms with Crippen LogP contribution >= 0.6 is 27.3 Å². The summed E-state index contributed by atoms with van der Waals surface area (Å²) in [5, 5.41) is 9.29. The van der Waals surface area contributed by atoms with Gasteiger partial charge in [0.05, 0.1) is 3.79 Å². The Hall–Kier alpha value is -2.16. The molecule has 0 saturated carbocycles. The molecule has 1 N–H and O–H groups in total. The number of pyridine rings is 1. The summed E-state index contributed by atoms with van der Waals surface area (Å²) in [6.07, 6.45) is 0. The number of nitriles is 1. The molecule has 5 heteroatoms. The number of rotatable bonds is 2. The summed E-state index contributed by atoms with van der Waals surface area (Å²) in [4.78, 5) is 15.9. The van der Waals surface area contributed by atoms with Gasteiger partial charge in [-0.2, -0.15) is 5.26 Å². The zero-order valence-corrected chi connectivity index (χ0v) is 14.1. The van der Waals surface area contributed by atoms with E-state index in [0.717, 1.165) is 19.8 Å². The molecule has 0 spiro atoms. The van der Waals surface area contributed by atoms with Crippen LogP contribution in [-0.2, 0) is 0 Å². The normalized spacial score (nSPS) is 10.4. The van der Waals surface area contributed by atoms with Crippen LogP contribution in [-0.4, -0.2) is 4.98 Å². The van der Waals surface area contributed by atoms with Gasteiger partial charge in [-0.25, -0.2) is 0 Å². The molecule has 0 amide bonds. The monoisotopic (exact) mass is 370 g/mol. The summed E-state index contributed by atoms with van der Waals surface area (Å²) in [5.74, 6) is 0. The molecule has 3 nitrogen and oxygen atoms in total. The van der Waals surface area contributed by atoms with Gasteiger partial charge in [0.25, 0.3) is 5.56 Å². The van der Waals surface area contributed by atoms with E-state index in [1.807, 2.05) is 55.5 Å². The standard InChI is InChI=1S/C17H11BrN2OS/c1-10-2-4-11(5-3-10)14-8-12(13(9-19)17(21)20-14)15-6-7-16(18)22-15/h2-8H,1H3,(H,20,21). The van der Waals surface area contributed by atoms with Crippen LogP contribution < -0.4 is 5.56 Å². The second-order valence-electron chi connectivity index (χ2n) is 4.88. The highest BCUT2D eigenvalue weighted by Crippen LogP contribution is 2.33. The lowest BCUT2D eigenvalue weighted by atomic mass is 10.0. The van der Waals surface area contributed by atoms with E-state index in [1.165, 1.54) is 11.3 Å². The number of nitrogens with zero attached hydrogens (tertiary/aromatic N) is 1. The maximum Gasteiger partial charge on any atom is 0.267 e. The Morgan fingerprint density at radius 1 is 1.18 bits per heavy atom.